The summed E-state index contributed by atoms with van der Waals surface area (Å²) in [5.74, 6) is -1.49. The minimum absolute atomic E-state index is 0.305. The number of carbonyl (C=O) groups excluding carboxylic acids is 3. The Morgan fingerprint density at radius 1 is 1.21 bits per heavy atom. The van der Waals surface area contributed by atoms with Gasteiger partial charge in [0.25, 0.3) is 0 Å². The van der Waals surface area contributed by atoms with E-state index < -0.39 is 28.2 Å². The van der Waals surface area contributed by atoms with Crippen LogP contribution in [-0.2, 0) is 19.1 Å². The predicted molar refractivity (Wildman–Crippen MR) is 68.0 cm³/mol. The largest absolute Gasteiger partial charge is 0.392 e. The highest BCUT2D eigenvalue weighted by Gasteiger charge is 2.75. The molecule has 0 radical (unpaired) electrons. The number of rotatable bonds is 3. The molecular formula is C14H21NO4. The van der Waals surface area contributed by atoms with Crippen molar-refractivity contribution in [1.82, 2.24) is 5.32 Å². The van der Waals surface area contributed by atoms with Crippen molar-refractivity contribution in [2.24, 2.45) is 16.2 Å². The Morgan fingerprint density at radius 2 is 1.84 bits per heavy atom. The van der Waals surface area contributed by atoms with Gasteiger partial charge in [-0.3, -0.25) is 14.4 Å². The first kappa shape index (κ1) is 14.0. The highest BCUT2D eigenvalue weighted by Crippen LogP contribution is 2.66. The van der Waals surface area contributed by atoms with Crippen LogP contribution in [0, 0.1) is 16.2 Å². The summed E-state index contributed by atoms with van der Waals surface area (Å²) >= 11 is 0. The van der Waals surface area contributed by atoms with E-state index in [1.54, 1.807) is 6.92 Å². The summed E-state index contributed by atoms with van der Waals surface area (Å²) in [4.78, 5) is 36.7. The topological polar surface area (TPSA) is 72.5 Å². The van der Waals surface area contributed by atoms with Gasteiger partial charge in [0.2, 0.25) is 5.91 Å². The molecule has 2 unspecified atom stereocenters. The highest BCUT2D eigenvalue weighted by molar-refractivity contribution is 6.11. The lowest BCUT2D eigenvalue weighted by atomic mass is 9.57. The number of carbonyl (C=O) groups is 3. The molecule has 5 nitrogen and oxygen atoms in total. The van der Waals surface area contributed by atoms with Gasteiger partial charge in [-0.15, -0.1) is 0 Å². The van der Waals surface area contributed by atoms with Crippen LogP contribution in [0.25, 0.3) is 0 Å². The molecule has 0 aromatic heterocycles. The van der Waals surface area contributed by atoms with Gasteiger partial charge in [0, 0.05) is 12.0 Å². The van der Waals surface area contributed by atoms with E-state index in [1.165, 1.54) is 0 Å². The molecule has 2 bridgehead atoms. The average Bonchev–Trinajstić information content (AvgIpc) is 2.48. The van der Waals surface area contributed by atoms with Crippen molar-refractivity contribution in [2.45, 2.75) is 47.0 Å². The van der Waals surface area contributed by atoms with Gasteiger partial charge in [0.05, 0.1) is 5.41 Å². The first-order chi connectivity index (χ1) is 8.74. The molecule has 2 rings (SSSR count). The Bertz CT molecular complexity index is 456. The summed E-state index contributed by atoms with van der Waals surface area (Å²) in [6, 6.07) is 0. The van der Waals surface area contributed by atoms with Crippen molar-refractivity contribution >= 4 is 17.8 Å². The van der Waals surface area contributed by atoms with Crippen LogP contribution in [-0.4, -0.2) is 24.4 Å². The van der Waals surface area contributed by atoms with Crippen LogP contribution in [0.3, 0.4) is 0 Å². The molecule has 1 N–H and O–H groups in total. The summed E-state index contributed by atoms with van der Waals surface area (Å²) in [5.41, 5.74) is -2.74. The van der Waals surface area contributed by atoms with Crippen LogP contribution in [0.15, 0.2) is 0 Å². The van der Waals surface area contributed by atoms with Crippen LogP contribution in [0.4, 0.5) is 0 Å². The molecule has 1 saturated heterocycles. The maximum Gasteiger partial charge on any atom is 0.329 e. The second-order valence-electron chi connectivity index (χ2n) is 6.30. The molecule has 1 saturated carbocycles. The third-order valence-electron chi connectivity index (χ3n) is 5.35. The van der Waals surface area contributed by atoms with Gasteiger partial charge >= 0.3 is 11.9 Å². The molecule has 1 heterocycles. The molecule has 2 atom stereocenters. The number of hydrogen-bond acceptors (Lipinski definition) is 4. The van der Waals surface area contributed by atoms with Crippen molar-refractivity contribution < 1.29 is 19.1 Å². The van der Waals surface area contributed by atoms with Gasteiger partial charge < -0.3 is 10.1 Å². The van der Waals surface area contributed by atoms with E-state index in [4.69, 9.17) is 4.74 Å². The van der Waals surface area contributed by atoms with E-state index in [1.807, 2.05) is 20.8 Å². The number of hydrogen-bond donors (Lipinski definition) is 1. The maximum atomic E-state index is 12.5. The van der Waals surface area contributed by atoms with E-state index in [-0.39, 0.29) is 5.91 Å². The number of cyclic esters (lactones) is 2. The summed E-state index contributed by atoms with van der Waals surface area (Å²) in [6.45, 7) is 7.91. The first-order valence-electron chi connectivity index (χ1n) is 6.79. The van der Waals surface area contributed by atoms with Crippen molar-refractivity contribution in [1.29, 1.82) is 0 Å². The summed E-state index contributed by atoms with van der Waals surface area (Å²) < 4.78 is 4.88. The normalized spacial score (nSPS) is 36.0. The van der Waals surface area contributed by atoms with Gasteiger partial charge in [-0.1, -0.05) is 20.8 Å². The third-order valence-corrected chi connectivity index (χ3v) is 5.35. The van der Waals surface area contributed by atoms with Crippen molar-refractivity contribution in [3.63, 3.8) is 0 Å². The molecule has 0 aromatic carbocycles. The SMILES string of the molecule is CCCNC(=O)C12CCC(C)(C(=O)OC1=O)C2(C)C. The monoisotopic (exact) mass is 267 g/mol. The molecule has 19 heavy (non-hydrogen) atoms. The Balaban J connectivity index is 2.47. The first-order valence-corrected chi connectivity index (χ1v) is 6.79. The Kier molecular flexibility index (Phi) is 2.99. The Labute approximate surface area is 113 Å². The fraction of sp³-hybridized carbons (Fsp3) is 0.786. The molecule has 0 spiro atoms. The average molecular weight is 267 g/mol. The zero-order valence-corrected chi connectivity index (χ0v) is 12.0. The highest BCUT2D eigenvalue weighted by atomic mass is 16.6. The van der Waals surface area contributed by atoms with Crippen molar-refractivity contribution in [3.8, 4) is 0 Å². The van der Waals surface area contributed by atoms with Crippen LogP contribution in [0.5, 0.6) is 0 Å². The summed E-state index contributed by atoms with van der Waals surface area (Å²) in [6.07, 6.45) is 1.67. The zero-order chi connectivity index (χ0) is 14.5. The second kappa shape index (κ2) is 4.05. The lowest BCUT2D eigenvalue weighted by molar-refractivity contribution is -0.196. The second-order valence-corrected chi connectivity index (χ2v) is 6.30. The molecule has 106 valence electrons. The van der Waals surface area contributed by atoms with E-state index in [0.29, 0.717) is 19.4 Å². The number of nitrogens with one attached hydrogen (secondary N) is 1. The van der Waals surface area contributed by atoms with E-state index in [2.05, 4.69) is 5.32 Å². The lowest BCUT2D eigenvalue weighted by Gasteiger charge is -2.48. The van der Waals surface area contributed by atoms with E-state index >= 15 is 0 Å². The molecule has 1 aliphatic heterocycles. The van der Waals surface area contributed by atoms with Crippen molar-refractivity contribution in [2.75, 3.05) is 6.54 Å². The summed E-state index contributed by atoms with van der Waals surface area (Å²) in [5, 5.41) is 2.79. The number of amides is 1. The van der Waals surface area contributed by atoms with Crippen molar-refractivity contribution in [3.05, 3.63) is 0 Å². The van der Waals surface area contributed by atoms with Gasteiger partial charge in [0.15, 0.2) is 5.41 Å². The third kappa shape index (κ3) is 1.44. The molecule has 1 aliphatic carbocycles. The van der Waals surface area contributed by atoms with Gasteiger partial charge in [-0.05, 0) is 26.2 Å². The molecule has 1 amide bonds. The van der Waals surface area contributed by atoms with Gasteiger partial charge in [-0.2, -0.15) is 0 Å². The lowest BCUT2D eigenvalue weighted by Crippen LogP contribution is -2.62. The molecular weight excluding hydrogens is 246 g/mol. The van der Waals surface area contributed by atoms with Gasteiger partial charge in [0.1, 0.15) is 0 Å². The molecule has 2 fully saturated rings. The minimum Gasteiger partial charge on any atom is -0.392 e. The molecule has 5 heteroatoms. The number of fused-ring (bicyclic) bond motifs is 2. The standard InChI is InChI=1S/C14H21NO4/c1-5-8-15-9(16)14-7-6-13(4,12(14,2)3)10(17)19-11(14)18/h5-8H2,1-4H3,(H,15,16). The predicted octanol–water partition coefficient (Wildman–Crippen LogP) is 1.41. The molecule has 0 aromatic rings. The minimum atomic E-state index is -1.23. The smallest absolute Gasteiger partial charge is 0.329 e. The van der Waals surface area contributed by atoms with Crippen LogP contribution in [0.1, 0.15) is 47.0 Å². The number of esters is 2. The fourth-order valence-corrected chi connectivity index (χ4v) is 3.41. The fourth-order valence-electron chi connectivity index (χ4n) is 3.41. The van der Waals surface area contributed by atoms with Crippen LogP contribution >= 0.6 is 0 Å². The Hall–Kier alpha value is -1.39. The van der Waals surface area contributed by atoms with Crippen LogP contribution < -0.4 is 5.32 Å². The number of ether oxygens (including phenoxy) is 1. The molecule has 2 aliphatic rings. The maximum absolute atomic E-state index is 12.5. The van der Waals surface area contributed by atoms with Crippen LogP contribution in [0.2, 0.25) is 0 Å². The quantitative estimate of drug-likeness (QED) is 0.620. The van der Waals surface area contributed by atoms with E-state index in [9.17, 15) is 14.4 Å². The summed E-state index contributed by atoms with van der Waals surface area (Å²) in [7, 11) is 0. The van der Waals surface area contributed by atoms with E-state index in [0.717, 1.165) is 6.42 Å². The zero-order valence-electron chi connectivity index (χ0n) is 12.0. The Morgan fingerprint density at radius 3 is 2.42 bits per heavy atom. The van der Waals surface area contributed by atoms with Gasteiger partial charge in [-0.25, -0.2) is 0 Å².